The molecule has 0 spiro atoms. The van der Waals surface area contributed by atoms with E-state index in [2.05, 4.69) is 21.2 Å². The lowest BCUT2D eigenvalue weighted by molar-refractivity contribution is 0.0701. The molecular weight excluding hydrogens is 299 g/mol. The highest BCUT2D eigenvalue weighted by Crippen LogP contribution is 2.23. The van der Waals surface area contributed by atoms with Gasteiger partial charge in [-0.2, -0.15) is 0 Å². The zero-order valence-corrected chi connectivity index (χ0v) is 11.8. The molecule has 0 radical (unpaired) electrons. The van der Waals surface area contributed by atoms with Crippen LogP contribution in [0.15, 0.2) is 22.7 Å². The molecule has 0 aliphatic carbocycles. The van der Waals surface area contributed by atoms with Gasteiger partial charge in [0.15, 0.2) is 0 Å². The van der Waals surface area contributed by atoms with Crippen molar-refractivity contribution in [2.75, 3.05) is 20.1 Å². The van der Waals surface area contributed by atoms with Crippen LogP contribution in [0.2, 0.25) is 0 Å². The van der Waals surface area contributed by atoms with Crippen LogP contribution in [0.5, 0.6) is 0 Å². The summed E-state index contributed by atoms with van der Waals surface area (Å²) in [6.07, 6.45) is 1.88. The molecule has 0 unspecified atom stereocenters. The molecule has 2 rings (SSSR count). The van der Waals surface area contributed by atoms with Crippen molar-refractivity contribution in [3.63, 3.8) is 0 Å². The van der Waals surface area contributed by atoms with E-state index in [-0.39, 0.29) is 16.4 Å². The molecule has 1 saturated heterocycles. The maximum Gasteiger partial charge on any atom is 0.255 e. The van der Waals surface area contributed by atoms with Gasteiger partial charge in [-0.25, -0.2) is 4.39 Å². The fourth-order valence-electron chi connectivity index (χ4n) is 2.22. The Balaban J connectivity index is 2.17. The number of carbonyl (C=O) groups is 1. The first-order chi connectivity index (χ1) is 8.61. The van der Waals surface area contributed by atoms with E-state index in [1.54, 1.807) is 24.1 Å². The Morgan fingerprint density at radius 1 is 1.44 bits per heavy atom. The van der Waals surface area contributed by atoms with Gasteiger partial charge in [-0.05, 0) is 54.0 Å². The molecule has 1 aliphatic rings. The van der Waals surface area contributed by atoms with Crippen LogP contribution in [0.3, 0.4) is 0 Å². The smallest absolute Gasteiger partial charge is 0.255 e. The maximum atomic E-state index is 13.4. The van der Waals surface area contributed by atoms with E-state index in [1.165, 1.54) is 6.07 Å². The van der Waals surface area contributed by atoms with Crippen LogP contribution in [-0.2, 0) is 0 Å². The van der Waals surface area contributed by atoms with Crippen LogP contribution in [0.4, 0.5) is 4.39 Å². The minimum absolute atomic E-state index is 0.131. The molecule has 98 valence electrons. The second-order valence-corrected chi connectivity index (χ2v) is 5.29. The zero-order valence-electron chi connectivity index (χ0n) is 10.2. The predicted molar refractivity (Wildman–Crippen MR) is 72.1 cm³/mol. The van der Waals surface area contributed by atoms with Gasteiger partial charge in [-0.3, -0.25) is 4.79 Å². The largest absolute Gasteiger partial charge is 0.339 e. The third kappa shape index (κ3) is 2.72. The molecular formula is C13H16BrFN2O. The van der Waals surface area contributed by atoms with Crippen LogP contribution in [0, 0.1) is 5.82 Å². The maximum absolute atomic E-state index is 13.4. The fraction of sp³-hybridized carbons (Fsp3) is 0.462. The summed E-state index contributed by atoms with van der Waals surface area (Å²) in [4.78, 5) is 14.0. The summed E-state index contributed by atoms with van der Waals surface area (Å²) in [5.41, 5.74) is 0.385. The number of benzene rings is 1. The number of nitrogens with one attached hydrogen (secondary N) is 1. The van der Waals surface area contributed by atoms with Gasteiger partial charge < -0.3 is 10.2 Å². The number of halogens is 2. The lowest BCUT2D eigenvalue weighted by atomic mass is 10.0. The van der Waals surface area contributed by atoms with Crippen molar-refractivity contribution in [2.45, 2.75) is 18.9 Å². The molecule has 1 amide bonds. The Bertz CT molecular complexity index is 447. The molecule has 1 fully saturated rings. The van der Waals surface area contributed by atoms with Crippen LogP contribution >= 0.6 is 15.9 Å². The number of rotatable bonds is 2. The van der Waals surface area contributed by atoms with Gasteiger partial charge in [0.25, 0.3) is 5.91 Å². The van der Waals surface area contributed by atoms with Crippen LogP contribution in [-0.4, -0.2) is 37.0 Å². The minimum Gasteiger partial charge on any atom is -0.339 e. The lowest BCUT2D eigenvalue weighted by Gasteiger charge is -2.31. The van der Waals surface area contributed by atoms with E-state index in [0.29, 0.717) is 5.56 Å². The van der Waals surface area contributed by atoms with Crippen LogP contribution < -0.4 is 5.32 Å². The monoisotopic (exact) mass is 314 g/mol. The van der Waals surface area contributed by atoms with E-state index < -0.39 is 5.82 Å². The molecule has 5 heteroatoms. The summed E-state index contributed by atoms with van der Waals surface area (Å²) in [7, 11) is 1.79. The SMILES string of the molecule is CN(C(=O)c1cccc(F)c1Br)C1CCNCC1. The number of nitrogens with zero attached hydrogens (tertiary/aromatic N) is 1. The molecule has 1 aliphatic heterocycles. The van der Waals surface area contributed by atoms with Crippen molar-refractivity contribution >= 4 is 21.8 Å². The number of carbonyl (C=O) groups excluding carboxylic acids is 1. The minimum atomic E-state index is -0.403. The van der Waals surface area contributed by atoms with Crippen molar-refractivity contribution < 1.29 is 9.18 Å². The molecule has 1 heterocycles. The number of amides is 1. The van der Waals surface area contributed by atoms with Gasteiger partial charge in [0.05, 0.1) is 10.0 Å². The summed E-state index contributed by atoms with van der Waals surface area (Å²) in [5.74, 6) is -0.534. The summed E-state index contributed by atoms with van der Waals surface area (Å²) in [6, 6.07) is 4.77. The average molecular weight is 315 g/mol. The Kier molecular flexibility index (Phi) is 4.35. The first-order valence-electron chi connectivity index (χ1n) is 6.03. The van der Waals surface area contributed by atoms with E-state index in [9.17, 15) is 9.18 Å². The van der Waals surface area contributed by atoms with E-state index in [1.807, 2.05) is 0 Å². The molecule has 0 atom stereocenters. The molecule has 0 bridgehead atoms. The third-order valence-electron chi connectivity index (χ3n) is 3.36. The fourth-order valence-corrected chi connectivity index (χ4v) is 2.65. The second-order valence-electron chi connectivity index (χ2n) is 4.50. The second kappa shape index (κ2) is 5.80. The molecule has 1 aromatic carbocycles. The zero-order chi connectivity index (χ0) is 13.1. The van der Waals surface area contributed by atoms with E-state index in [0.717, 1.165) is 25.9 Å². The number of hydrogen-bond acceptors (Lipinski definition) is 2. The number of piperidine rings is 1. The van der Waals surface area contributed by atoms with Crippen molar-refractivity contribution in [2.24, 2.45) is 0 Å². The van der Waals surface area contributed by atoms with Crippen molar-refractivity contribution in [1.29, 1.82) is 0 Å². The quantitative estimate of drug-likeness (QED) is 0.909. The Morgan fingerprint density at radius 2 is 2.11 bits per heavy atom. The first-order valence-corrected chi connectivity index (χ1v) is 6.82. The molecule has 1 aromatic rings. The van der Waals surface area contributed by atoms with Crippen LogP contribution in [0.1, 0.15) is 23.2 Å². The topological polar surface area (TPSA) is 32.3 Å². The summed E-state index contributed by atoms with van der Waals surface area (Å²) in [5, 5.41) is 3.26. The third-order valence-corrected chi connectivity index (χ3v) is 4.16. The van der Waals surface area contributed by atoms with E-state index >= 15 is 0 Å². The van der Waals surface area contributed by atoms with E-state index in [4.69, 9.17) is 0 Å². The van der Waals surface area contributed by atoms with Gasteiger partial charge in [0.2, 0.25) is 0 Å². The van der Waals surface area contributed by atoms with Gasteiger partial charge in [-0.15, -0.1) is 0 Å². The summed E-state index contributed by atoms with van der Waals surface area (Å²) >= 11 is 3.14. The Hall–Kier alpha value is -0.940. The Morgan fingerprint density at radius 3 is 2.78 bits per heavy atom. The van der Waals surface area contributed by atoms with Crippen molar-refractivity contribution in [3.05, 3.63) is 34.1 Å². The van der Waals surface area contributed by atoms with Crippen molar-refractivity contribution in [3.8, 4) is 0 Å². The van der Waals surface area contributed by atoms with Gasteiger partial charge in [0, 0.05) is 13.1 Å². The molecule has 0 aromatic heterocycles. The van der Waals surface area contributed by atoms with Crippen LogP contribution in [0.25, 0.3) is 0 Å². The molecule has 1 N–H and O–H groups in total. The van der Waals surface area contributed by atoms with Gasteiger partial charge in [0.1, 0.15) is 5.82 Å². The number of hydrogen-bond donors (Lipinski definition) is 1. The highest BCUT2D eigenvalue weighted by molar-refractivity contribution is 9.10. The molecule has 0 saturated carbocycles. The predicted octanol–water partition coefficient (Wildman–Crippen LogP) is 2.41. The molecule has 3 nitrogen and oxygen atoms in total. The normalized spacial score (nSPS) is 16.6. The Labute approximate surface area is 114 Å². The lowest BCUT2D eigenvalue weighted by Crippen LogP contribution is -2.44. The highest BCUT2D eigenvalue weighted by atomic mass is 79.9. The molecule has 18 heavy (non-hydrogen) atoms. The summed E-state index contributed by atoms with van der Waals surface area (Å²) < 4.78 is 13.7. The average Bonchev–Trinajstić information content (AvgIpc) is 2.41. The summed E-state index contributed by atoms with van der Waals surface area (Å²) in [6.45, 7) is 1.85. The van der Waals surface area contributed by atoms with Crippen molar-refractivity contribution in [1.82, 2.24) is 10.2 Å². The van der Waals surface area contributed by atoms with Gasteiger partial charge >= 0.3 is 0 Å². The van der Waals surface area contributed by atoms with Gasteiger partial charge in [-0.1, -0.05) is 6.07 Å². The highest BCUT2D eigenvalue weighted by Gasteiger charge is 2.24. The standard InChI is InChI=1S/C13H16BrFN2O/c1-17(9-5-7-16-8-6-9)13(18)10-3-2-4-11(15)12(10)14/h2-4,9,16H,5-8H2,1H3. The first kappa shape index (κ1) is 13.5.